The summed E-state index contributed by atoms with van der Waals surface area (Å²) >= 11 is 0. The Hall–Kier alpha value is -0.120. The molecule has 0 radical (unpaired) electrons. The zero-order valence-corrected chi connectivity index (χ0v) is 10.5. The number of rotatable bonds is 5. The zero-order chi connectivity index (χ0) is 11.3. The molecule has 3 heteroatoms. The second-order valence-electron chi connectivity index (χ2n) is 4.61. The highest BCUT2D eigenvalue weighted by molar-refractivity contribution is 4.74. The van der Waals surface area contributed by atoms with Gasteiger partial charge in [0.05, 0.1) is 24.4 Å². The molecule has 3 atom stereocenters. The highest BCUT2D eigenvalue weighted by Gasteiger charge is 2.25. The monoisotopic (exact) mass is 215 g/mol. The van der Waals surface area contributed by atoms with Crippen LogP contribution < -0.4 is 5.32 Å². The van der Waals surface area contributed by atoms with Crippen molar-refractivity contribution in [3.05, 3.63) is 0 Å². The molecule has 0 aromatic rings. The van der Waals surface area contributed by atoms with Crippen molar-refractivity contribution < 1.29 is 9.47 Å². The molecule has 1 fully saturated rings. The lowest BCUT2D eigenvalue weighted by atomic mass is 10.0. The molecule has 1 heterocycles. The predicted molar refractivity (Wildman–Crippen MR) is 62.1 cm³/mol. The van der Waals surface area contributed by atoms with E-state index in [1.807, 2.05) is 0 Å². The maximum Gasteiger partial charge on any atom is 0.0675 e. The van der Waals surface area contributed by atoms with Gasteiger partial charge in [-0.25, -0.2) is 0 Å². The summed E-state index contributed by atoms with van der Waals surface area (Å²) in [7, 11) is 0. The molecular formula is C12H25NO2. The van der Waals surface area contributed by atoms with Gasteiger partial charge in [-0.3, -0.25) is 0 Å². The summed E-state index contributed by atoms with van der Waals surface area (Å²) in [5.41, 5.74) is 0. The van der Waals surface area contributed by atoms with Crippen LogP contribution in [0.15, 0.2) is 0 Å². The number of hydrogen-bond acceptors (Lipinski definition) is 3. The Kier molecular flexibility index (Phi) is 5.58. The summed E-state index contributed by atoms with van der Waals surface area (Å²) in [5.74, 6) is 0. The quantitative estimate of drug-likeness (QED) is 0.760. The van der Waals surface area contributed by atoms with Crippen molar-refractivity contribution in [3.8, 4) is 0 Å². The molecular weight excluding hydrogens is 190 g/mol. The third kappa shape index (κ3) is 4.96. The minimum absolute atomic E-state index is 0.299. The van der Waals surface area contributed by atoms with Crippen molar-refractivity contribution in [1.82, 2.24) is 5.32 Å². The van der Waals surface area contributed by atoms with Crippen LogP contribution in [-0.4, -0.2) is 37.5 Å². The first-order valence-corrected chi connectivity index (χ1v) is 6.13. The number of nitrogens with one attached hydrogen (secondary N) is 1. The number of likely N-dealkylation sites (N-methyl/N-ethyl adjacent to an activating group) is 1. The van der Waals surface area contributed by atoms with E-state index in [0.29, 0.717) is 24.4 Å². The van der Waals surface area contributed by atoms with Gasteiger partial charge in [-0.05, 0) is 40.2 Å². The number of hydrogen-bond donors (Lipinski definition) is 1. The van der Waals surface area contributed by atoms with Crippen LogP contribution in [0.1, 0.15) is 40.5 Å². The van der Waals surface area contributed by atoms with E-state index in [1.165, 1.54) is 0 Å². The van der Waals surface area contributed by atoms with Gasteiger partial charge in [0.2, 0.25) is 0 Å². The molecule has 0 aromatic heterocycles. The van der Waals surface area contributed by atoms with Gasteiger partial charge in [0.25, 0.3) is 0 Å². The fraction of sp³-hybridized carbons (Fsp3) is 1.00. The maximum atomic E-state index is 5.99. The molecule has 0 aliphatic carbocycles. The lowest BCUT2D eigenvalue weighted by Gasteiger charge is -2.33. The molecule has 90 valence electrons. The van der Waals surface area contributed by atoms with Crippen molar-refractivity contribution in [2.24, 2.45) is 0 Å². The fourth-order valence-electron chi connectivity index (χ4n) is 2.18. The molecule has 15 heavy (non-hydrogen) atoms. The molecule has 1 aliphatic rings. The summed E-state index contributed by atoms with van der Waals surface area (Å²) < 4.78 is 11.7. The Morgan fingerprint density at radius 1 is 1.33 bits per heavy atom. The molecule has 0 aromatic carbocycles. The molecule has 0 amide bonds. The fourth-order valence-corrected chi connectivity index (χ4v) is 2.18. The Balaban J connectivity index is 2.24. The highest BCUT2D eigenvalue weighted by atomic mass is 16.5. The minimum atomic E-state index is 0.299. The van der Waals surface area contributed by atoms with E-state index in [0.717, 1.165) is 25.9 Å². The number of ether oxygens (including phenoxy) is 2. The van der Waals surface area contributed by atoms with E-state index in [4.69, 9.17) is 9.47 Å². The van der Waals surface area contributed by atoms with E-state index < -0.39 is 0 Å². The first-order chi connectivity index (χ1) is 7.11. The van der Waals surface area contributed by atoms with Gasteiger partial charge in [0.15, 0.2) is 0 Å². The molecule has 1 rings (SSSR count). The summed E-state index contributed by atoms with van der Waals surface area (Å²) in [6, 6.07) is 0. The van der Waals surface area contributed by atoms with Gasteiger partial charge in [-0.15, -0.1) is 0 Å². The third-order valence-electron chi connectivity index (χ3n) is 2.76. The topological polar surface area (TPSA) is 30.5 Å². The molecule has 3 nitrogen and oxygen atoms in total. The van der Waals surface area contributed by atoms with E-state index in [1.54, 1.807) is 0 Å². The lowest BCUT2D eigenvalue weighted by molar-refractivity contribution is -0.117. The molecule has 0 spiro atoms. The standard InChI is InChI=1S/C12H25NO2/c1-5-13-8-11(4)15-12-6-9(2)14-10(3)7-12/h9-13H,5-8H2,1-4H3. The van der Waals surface area contributed by atoms with Gasteiger partial charge in [-0.2, -0.15) is 0 Å². The summed E-state index contributed by atoms with van der Waals surface area (Å²) in [6.45, 7) is 10.5. The average Bonchev–Trinajstić information content (AvgIpc) is 2.13. The van der Waals surface area contributed by atoms with Crippen LogP contribution in [-0.2, 0) is 9.47 Å². The van der Waals surface area contributed by atoms with Crippen LogP contribution in [0.25, 0.3) is 0 Å². The van der Waals surface area contributed by atoms with E-state index >= 15 is 0 Å². The normalized spacial score (nSPS) is 34.0. The first kappa shape index (κ1) is 12.9. The molecule has 1 aliphatic heterocycles. The smallest absolute Gasteiger partial charge is 0.0675 e. The van der Waals surface area contributed by atoms with E-state index in [2.05, 4.69) is 33.0 Å². The summed E-state index contributed by atoms with van der Waals surface area (Å²) in [6.07, 6.45) is 3.40. The molecule has 0 bridgehead atoms. The van der Waals surface area contributed by atoms with Gasteiger partial charge >= 0.3 is 0 Å². The first-order valence-electron chi connectivity index (χ1n) is 6.13. The molecule has 1 N–H and O–H groups in total. The van der Waals surface area contributed by atoms with E-state index in [9.17, 15) is 0 Å². The van der Waals surface area contributed by atoms with Gasteiger partial charge in [0.1, 0.15) is 0 Å². The molecule has 0 saturated carbocycles. The average molecular weight is 215 g/mol. The lowest BCUT2D eigenvalue weighted by Crippen LogP contribution is -2.38. The Morgan fingerprint density at radius 3 is 2.47 bits per heavy atom. The minimum Gasteiger partial charge on any atom is -0.375 e. The third-order valence-corrected chi connectivity index (χ3v) is 2.76. The van der Waals surface area contributed by atoms with Crippen molar-refractivity contribution >= 4 is 0 Å². The van der Waals surface area contributed by atoms with Gasteiger partial charge in [-0.1, -0.05) is 6.92 Å². The second kappa shape index (κ2) is 6.46. The van der Waals surface area contributed by atoms with Gasteiger partial charge < -0.3 is 14.8 Å². The summed E-state index contributed by atoms with van der Waals surface area (Å²) in [5, 5.41) is 3.30. The largest absolute Gasteiger partial charge is 0.375 e. The Labute approximate surface area is 93.5 Å². The summed E-state index contributed by atoms with van der Waals surface area (Å²) in [4.78, 5) is 0. The van der Waals surface area contributed by atoms with Crippen LogP contribution in [0, 0.1) is 0 Å². The van der Waals surface area contributed by atoms with E-state index in [-0.39, 0.29) is 0 Å². The van der Waals surface area contributed by atoms with Crippen molar-refractivity contribution in [2.45, 2.75) is 65.0 Å². The van der Waals surface area contributed by atoms with Crippen molar-refractivity contribution in [2.75, 3.05) is 13.1 Å². The highest BCUT2D eigenvalue weighted by Crippen LogP contribution is 2.22. The van der Waals surface area contributed by atoms with Crippen LogP contribution in [0.2, 0.25) is 0 Å². The van der Waals surface area contributed by atoms with Crippen LogP contribution >= 0.6 is 0 Å². The van der Waals surface area contributed by atoms with Crippen molar-refractivity contribution in [1.29, 1.82) is 0 Å². The van der Waals surface area contributed by atoms with Crippen LogP contribution in [0.5, 0.6) is 0 Å². The van der Waals surface area contributed by atoms with Gasteiger partial charge in [0, 0.05) is 6.54 Å². The van der Waals surface area contributed by atoms with Crippen LogP contribution in [0.4, 0.5) is 0 Å². The predicted octanol–water partition coefficient (Wildman–Crippen LogP) is 1.96. The Bertz CT molecular complexity index is 165. The zero-order valence-electron chi connectivity index (χ0n) is 10.5. The maximum absolute atomic E-state index is 5.99. The molecule has 1 saturated heterocycles. The van der Waals surface area contributed by atoms with Crippen molar-refractivity contribution in [3.63, 3.8) is 0 Å². The molecule has 3 unspecified atom stereocenters. The Morgan fingerprint density at radius 2 is 1.93 bits per heavy atom. The SMILES string of the molecule is CCNCC(C)OC1CC(C)OC(C)C1. The van der Waals surface area contributed by atoms with Crippen LogP contribution in [0.3, 0.4) is 0 Å². The second-order valence-corrected chi connectivity index (χ2v) is 4.61.